The lowest BCUT2D eigenvalue weighted by Crippen LogP contribution is -2.27. The minimum atomic E-state index is -0.264. The van der Waals surface area contributed by atoms with Crippen molar-refractivity contribution in [3.05, 3.63) is 53.0 Å². The fourth-order valence-corrected chi connectivity index (χ4v) is 2.05. The third-order valence-corrected chi connectivity index (χ3v) is 3.71. The highest BCUT2D eigenvalue weighted by molar-refractivity contribution is 9.10. The van der Waals surface area contributed by atoms with Gasteiger partial charge in [-0.1, -0.05) is 15.9 Å². The number of anilines is 1. The second-order valence-electron chi connectivity index (χ2n) is 5.39. The maximum atomic E-state index is 11.9. The average molecular weight is 407 g/mol. The molecule has 0 saturated carbocycles. The molecular weight excluding hydrogens is 388 g/mol. The number of hydrogen-bond acceptors (Lipinski definition) is 4. The summed E-state index contributed by atoms with van der Waals surface area (Å²) in [7, 11) is 3.33. The molecule has 0 aromatic heterocycles. The number of halogens is 1. The van der Waals surface area contributed by atoms with E-state index in [9.17, 15) is 9.59 Å². The van der Waals surface area contributed by atoms with Crippen LogP contribution in [0.2, 0.25) is 0 Å². The van der Waals surface area contributed by atoms with Gasteiger partial charge in [0.1, 0.15) is 11.5 Å². The molecule has 0 unspecified atom stereocenters. The highest BCUT2D eigenvalue weighted by atomic mass is 79.9. The molecule has 0 radical (unpaired) electrons. The quantitative estimate of drug-likeness (QED) is 0.767. The van der Waals surface area contributed by atoms with E-state index in [-0.39, 0.29) is 25.0 Å². The number of hydrogen-bond donors (Lipinski definition) is 1. The lowest BCUT2D eigenvalue weighted by atomic mass is 10.3. The summed E-state index contributed by atoms with van der Waals surface area (Å²) in [5.41, 5.74) is 0.621. The van der Waals surface area contributed by atoms with Crippen LogP contribution >= 0.6 is 15.9 Å². The van der Waals surface area contributed by atoms with Gasteiger partial charge < -0.3 is 19.7 Å². The summed E-state index contributed by atoms with van der Waals surface area (Å²) < 4.78 is 11.7. The van der Waals surface area contributed by atoms with E-state index in [4.69, 9.17) is 9.47 Å². The van der Waals surface area contributed by atoms with Crippen LogP contribution in [0, 0.1) is 0 Å². The van der Waals surface area contributed by atoms with Crippen LogP contribution < -0.4 is 14.8 Å². The molecule has 0 saturated heterocycles. The summed E-state index contributed by atoms with van der Waals surface area (Å²) in [6, 6.07) is 14.0. The Morgan fingerprint density at radius 2 is 1.44 bits per heavy atom. The van der Waals surface area contributed by atoms with Crippen molar-refractivity contribution in [1.82, 2.24) is 4.90 Å². The second kappa shape index (κ2) is 9.08. The van der Waals surface area contributed by atoms with Crippen LogP contribution in [-0.2, 0) is 9.59 Å². The minimum Gasteiger partial charge on any atom is -0.484 e. The highest BCUT2D eigenvalue weighted by Crippen LogP contribution is 2.17. The van der Waals surface area contributed by atoms with Gasteiger partial charge in [-0.05, 0) is 48.5 Å². The number of nitrogens with zero attached hydrogens (tertiary/aromatic N) is 1. The Labute approximate surface area is 154 Å². The number of carbonyl (C=O) groups excluding carboxylic acids is 2. The Kier molecular flexibility index (Phi) is 6.82. The SMILES string of the molecule is CN(C)C(=O)COc1ccc(NC(=O)COc2ccc(Br)cc2)cc1. The van der Waals surface area contributed by atoms with Gasteiger partial charge in [0.25, 0.3) is 11.8 Å². The number of likely N-dealkylation sites (N-methyl/N-ethyl adjacent to an activating group) is 1. The monoisotopic (exact) mass is 406 g/mol. The number of benzene rings is 2. The molecule has 2 rings (SSSR count). The predicted octanol–water partition coefficient (Wildman–Crippen LogP) is 2.93. The van der Waals surface area contributed by atoms with Gasteiger partial charge in [0.15, 0.2) is 13.2 Å². The van der Waals surface area contributed by atoms with Gasteiger partial charge in [-0.15, -0.1) is 0 Å². The van der Waals surface area contributed by atoms with Gasteiger partial charge in [-0.25, -0.2) is 0 Å². The first kappa shape index (κ1) is 18.8. The molecule has 1 N–H and O–H groups in total. The summed E-state index contributed by atoms with van der Waals surface area (Å²) in [5, 5.41) is 2.73. The zero-order valence-electron chi connectivity index (χ0n) is 14.0. The lowest BCUT2D eigenvalue weighted by Gasteiger charge is -2.12. The van der Waals surface area contributed by atoms with E-state index in [0.717, 1.165) is 4.47 Å². The molecule has 0 aliphatic heterocycles. The molecule has 132 valence electrons. The van der Waals surface area contributed by atoms with Crippen LogP contribution in [0.25, 0.3) is 0 Å². The van der Waals surface area contributed by atoms with Crippen molar-refractivity contribution < 1.29 is 19.1 Å². The van der Waals surface area contributed by atoms with E-state index in [2.05, 4.69) is 21.2 Å². The Balaban J connectivity index is 1.78. The number of carbonyl (C=O) groups is 2. The van der Waals surface area contributed by atoms with E-state index in [0.29, 0.717) is 17.2 Å². The highest BCUT2D eigenvalue weighted by Gasteiger charge is 2.06. The molecule has 2 aromatic rings. The Morgan fingerprint density at radius 1 is 0.920 bits per heavy atom. The molecule has 7 heteroatoms. The Hall–Kier alpha value is -2.54. The fourth-order valence-electron chi connectivity index (χ4n) is 1.79. The van der Waals surface area contributed by atoms with Crippen molar-refractivity contribution in [2.24, 2.45) is 0 Å². The van der Waals surface area contributed by atoms with Gasteiger partial charge >= 0.3 is 0 Å². The normalized spacial score (nSPS) is 10.0. The topological polar surface area (TPSA) is 67.9 Å². The molecule has 6 nitrogen and oxygen atoms in total. The van der Waals surface area contributed by atoms with Crippen molar-refractivity contribution in [2.45, 2.75) is 0 Å². The molecule has 2 aromatic carbocycles. The number of nitrogens with one attached hydrogen (secondary N) is 1. The summed E-state index contributed by atoms with van der Waals surface area (Å²) in [4.78, 5) is 24.8. The summed E-state index contributed by atoms with van der Waals surface area (Å²) in [5.74, 6) is 0.786. The van der Waals surface area contributed by atoms with Crippen molar-refractivity contribution in [3.63, 3.8) is 0 Å². The summed E-state index contributed by atoms with van der Waals surface area (Å²) in [6.07, 6.45) is 0. The minimum absolute atomic E-state index is 0.0280. The largest absolute Gasteiger partial charge is 0.484 e. The van der Waals surface area contributed by atoms with E-state index >= 15 is 0 Å². The zero-order chi connectivity index (χ0) is 18.2. The fraction of sp³-hybridized carbons (Fsp3) is 0.222. The number of rotatable bonds is 7. The smallest absolute Gasteiger partial charge is 0.262 e. The molecule has 0 bridgehead atoms. The molecule has 0 fully saturated rings. The number of amides is 2. The van der Waals surface area contributed by atoms with E-state index < -0.39 is 0 Å². The molecule has 0 aliphatic rings. The third kappa shape index (κ3) is 6.46. The predicted molar refractivity (Wildman–Crippen MR) is 98.9 cm³/mol. The van der Waals surface area contributed by atoms with Crippen molar-refractivity contribution in [3.8, 4) is 11.5 Å². The van der Waals surface area contributed by atoms with Crippen molar-refractivity contribution in [1.29, 1.82) is 0 Å². The zero-order valence-corrected chi connectivity index (χ0v) is 15.6. The maximum absolute atomic E-state index is 11.9. The Bertz CT molecular complexity index is 715. The maximum Gasteiger partial charge on any atom is 0.262 e. The van der Waals surface area contributed by atoms with Crippen molar-refractivity contribution >= 4 is 33.4 Å². The first-order chi connectivity index (χ1) is 11.9. The van der Waals surface area contributed by atoms with Crippen LogP contribution in [0.1, 0.15) is 0 Å². The lowest BCUT2D eigenvalue weighted by molar-refractivity contribution is -0.130. The molecule has 0 spiro atoms. The average Bonchev–Trinajstić information content (AvgIpc) is 2.60. The Morgan fingerprint density at radius 3 is 2.00 bits per heavy atom. The first-order valence-corrected chi connectivity index (χ1v) is 8.34. The van der Waals surface area contributed by atoms with Crippen molar-refractivity contribution in [2.75, 3.05) is 32.6 Å². The van der Waals surface area contributed by atoms with Gasteiger partial charge in [0, 0.05) is 24.3 Å². The van der Waals surface area contributed by atoms with E-state index in [1.54, 1.807) is 50.5 Å². The summed E-state index contributed by atoms with van der Waals surface area (Å²) in [6.45, 7) is -0.114. The van der Waals surface area contributed by atoms with Gasteiger partial charge in [0.2, 0.25) is 0 Å². The summed E-state index contributed by atoms with van der Waals surface area (Å²) >= 11 is 3.34. The second-order valence-corrected chi connectivity index (χ2v) is 6.31. The van der Waals surface area contributed by atoms with Crippen LogP contribution in [0.3, 0.4) is 0 Å². The first-order valence-electron chi connectivity index (χ1n) is 7.55. The molecule has 25 heavy (non-hydrogen) atoms. The molecule has 2 amide bonds. The molecule has 0 atom stereocenters. The van der Waals surface area contributed by atoms with E-state index in [1.807, 2.05) is 12.1 Å². The number of ether oxygens (including phenoxy) is 2. The van der Waals surface area contributed by atoms with Gasteiger partial charge in [-0.3, -0.25) is 9.59 Å². The van der Waals surface area contributed by atoms with Crippen LogP contribution in [-0.4, -0.2) is 44.0 Å². The van der Waals surface area contributed by atoms with E-state index in [1.165, 1.54) is 4.90 Å². The molecule has 0 aliphatic carbocycles. The third-order valence-electron chi connectivity index (χ3n) is 3.18. The van der Waals surface area contributed by atoms with Crippen LogP contribution in [0.5, 0.6) is 11.5 Å². The standard InChI is InChI=1S/C18H19BrN2O4/c1-21(2)18(23)12-25-16-9-5-14(6-10-16)20-17(22)11-24-15-7-3-13(19)4-8-15/h3-10H,11-12H2,1-2H3,(H,20,22). The van der Waals surface area contributed by atoms with Gasteiger partial charge in [0.05, 0.1) is 0 Å². The van der Waals surface area contributed by atoms with Gasteiger partial charge in [-0.2, -0.15) is 0 Å². The molecule has 0 heterocycles. The molecular formula is C18H19BrN2O4. The van der Waals surface area contributed by atoms with Crippen LogP contribution in [0.15, 0.2) is 53.0 Å². The van der Waals surface area contributed by atoms with Crippen LogP contribution in [0.4, 0.5) is 5.69 Å².